The van der Waals surface area contributed by atoms with E-state index in [0.717, 1.165) is 16.7 Å². The van der Waals surface area contributed by atoms with Crippen LogP contribution in [0, 0.1) is 0 Å². The number of alkyl halides is 3. The molecule has 0 aliphatic heterocycles. The molecule has 0 unspecified atom stereocenters. The predicted molar refractivity (Wildman–Crippen MR) is 87.8 cm³/mol. The molecule has 0 saturated heterocycles. The van der Waals surface area contributed by atoms with Crippen molar-refractivity contribution in [2.45, 2.75) is 32.7 Å². The average molecular weight is 346 g/mol. The van der Waals surface area contributed by atoms with E-state index in [1.54, 1.807) is 6.07 Å². The van der Waals surface area contributed by atoms with Crippen molar-refractivity contribution in [3.63, 3.8) is 0 Å². The minimum absolute atomic E-state index is 0. The van der Waals surface area contributed by atoms with Crippen LogP contribution in [0.5, 0.6) is 5.75 Å². The third kappa shape index (κ3) is 5.15. The Morgan fingerprint density at radius 1 is 1.09 bits per heavy atom. The molecule has 23 heavy (non-hydrogen) atoms. The standard InChI is InChI=1S/C17H18F3NO.ClH/c1-11(2)12-4-3-5-13(8-12)16-9-15(22-17(18,19)20)7-6-14(16)10-21;/h3-9,11H,10,21H2,1-2H3;1H. The average Bonchev–Trinajstić information content (AvgIpc) is 2.45. The fourth-order valence-electron chi connectivity index (χ4n) is 2.26. The van der Waals surface area contributed by atoms with Gasteiger partial charge in [-0.3, -0.25) is 0 Å². The maximum atomic E-state index is 12.4. The van der Waals surface area contributed by atoms with Gasteiger partial charge in [-0.25, -0.2) is 0 Å². The molecule has 2 rings (SSSR count). The summed E-state index contributed by atoms with van der Waals surface area (Å²) < 4.78 is 41.1. The number of hydrogen-bond acceptors (Lipinski definition) is 2. The van der Waals surface area contributed by atoms with E-state index in [1.807, 2.05) is 24.3 Å². The van der Waals surface area contributed by atoms with Crippen molar-refractivity contribution in [2.24, 2.45) is 5.73 Å². The number of rotatable bonds is 4. The van der Waals surface area contributed by atoms with E-state index in [-0.39, 0.29) is 24.7 Å². The van der Waals surface area contributed by atoms with Crippen molar-refractivity contribution in [1.29, 1.82) is 0 Å². The van der Waals surface area contributed by atoms with Crippen LogP contribution in [0.4, 0.5) is 13.2 Å². The monoisotopic (exact) mass is 345 g/mol. The molecule has 0 fully saturated rings. The quantitative estimate of drug-likeness (QED) is 0.820. The van der Waals surface area contributed by atoms with Crippen LogP contribution < -0.4 is 10.5 Å². The number of ether oxygens (including phenoxy) is 1. The van der Waals surface area contributed by atoms with Crippen LogP contribution in [-0.4, -0.2) is 6.36 Å². The summed E-state index contributed by atoms with van der Waals surface area (Å²) in [6, 6.07) is 11.9. The summed E-state index contributed by atoms with van der Waals surface area (Å²) in [5.41, 5.74) is 9.08. The first kappa shape index (κ1) is 19.3. The lowest BCUT2D eigenvalue weighted by Gasteiger charge is -2.14. The van der Waals surface area contributed by atoms with Gasteiger partial charge in [-0.15, -0.1) is 25.6 Å². The summed E-state index contributed by atoms with van der Waals surface area (Å²) in [7, 11) is 0. The van der Waals surface area contributed by atoms with Crippen LogP contribution in [0.3, 0.4) is 0 Å². The van der Waals surface area contributed by atoms with E-state index in [2.05, 4.69) is 18.6 Å². The van der Waals surface area contributed by atoms with Crippen LogP contribution in [0.15, 0.2) is 42.5 Å². The van der Waals surface area contributed by atoms with Crippen molar-refractivity contribution in [2.75, 3.05) is 0 Å². The SMILES string of the molecule is CC(C)c1cccc(-c2cc(OC(F)(F)F)ccc2CN)c1.Cl. The van der Waals surface area contributed by atoms with Crippen LogP contribution >= 0.6 is 12.4 Å². The van der Waals surface area contributed by atoms with E-state index in [4.69, 9.17) is 5.73 Å². The molecule has 0 radical (unpaired) electrons. The van der Waals surface area contributed by atoms with Gasteiger partial charge < -0.3 is 10.5 Å². The van der Waals surface area contributed by atoms with E-state index in [9.17, 15) is 13.2 Å². The summed E-state index contributed by atoms with van der Waals surface area (Å²) in [5.74, 6) is 0.0885. The normalized spacial score (nSPS) is 11.3. The summed E-state index contributed by atoms with van der Waals surface area (Å²) in [6.07, 6.45) is -4.71. The molecule has 0 aliphatic carbocycles. The van der Waals surface area contributed by atoms with Crippen molar-refractivity contribution >= 4 is 12.4 Å². The Morgan fingerprint density at radius 3 is 2.35 bits per heavy atom. The van der Waals surface area contributed by atoms with E-state index in [0.29, 0.717) is 11.5 Å². The molecule has 2 aromatic carbocycles. The minimum Gasteiger partial charge on any atom is -0.406 e. The zero-order valence-electron chi connectivity index (χ0n) is 12.9. The molecular formula is C17H19ClF3NO. The van der Waals surface area contributed by atoms with Crippen molar-refractivity contribution < 1.29 is 17.9 Å². The molecule has 126 valence electrons. The van der Waals surface area contributed by atoms with Crippen LogP contribution in [0.25, 0.3) is 11.1 Å². The summed E-state index contributed by atoms with van der Waals surface area (Å²) in [6.45, 7) is 4.37. The largest absolute Gasteiger partial charge is 0.573 e. The highest BCUT2D eigenvalue weighted by atomic mass is 35.5. The van der Waals surface area contributed by atoms with Crippen molar-refractivity contribution in [3.8, 4) is 16.9 Å². The number of nitrogens with two attached hydrogens (primary N) is 1. The first-order chi connectivity index (χ1) is 10.3. The van der Waals surface area contributed by atoms with Gasteiger partial charge in [0.05, 0.1) is 0 Å². The van der Waals surface area contributed by atoms with E-state index in [1.165, 1.54) is 12.1 Å². The van der Waals surface area contributed by atoms with Crippen LogP contribution in [0.2, 0.25) is 0 Å². The number of benzene rings is 2. The third-order valence-corrected chi connectivity index (χ3v) is 3.40. The fraction of sp³-hybridized carbons (Fsp3) is 0.294. The second kappa shape index (κ2) is 7.70. The maximum Gasteiger partial charge on any atom is 0.573 e. The Bertz CT molecular complexity index is 657. The molecule has 0 bridgehead atoms. The molecule has 0 saturated carbocycles. The summed E-state index contributed by atoms with van der Waals surface area (Å²) >= 11 is 0. The Morgan fingerprint density at radius 2 is 1.78 bits per heavy atom. The molecule has 0 amide bonds. The Balaban J connectivity index is 0.00000264. The minimum atomic E-state index is -4.71. The number of halogens is 4. The lowest BCUT2D eigenvalue weighted by atomic mass is 9.94. The smallest absolute Gasteiger partial charge is 0.406 e. The Labute approximate surface area is 139 Å². The molecule has 2 aromatic rings. The van der Waals surface area contributed by atoms with Crippen LogP contribution in [-0.2, 0) is 6.54 Å². The molecule has 0 aliphatic rings. The Hall–Kier alpha value is -1.72. The highest BCUT2D eigenvalue weighted by Crippen LogP contribution is 2.32. The zero-order valence-corrected chi connectivity index (χ0v) is 13.7. The lowest BCUT2D eigenvalue weighted by molar-refractivity contribution is -0.274. The Kier molecular flexibility index (Phi) is 6.47. The van der Waals surface area contributed by atoms with Gasteiger partial charge in [0.1, 0.15) is 5.75 Å². The van der Waals surface area contributed by atoms with Gasteiger partial charge in [-0.05, 0) is 40.3 Å². The molecular weight excluding hydrogens is 327 g/mol. The molecule has 2 nitrogen and oxygen atoms in total. The second-order valence-corrected chi connectivity index (χ2v) is 5.35. The van der Waals surface area contributed by atoms with Gasteiger partial charge in [0, 0.05) is 6.54 Å². The zero-order chi connectivity index (χ0) is 16.3. The predicted octanol–water partition coefficient (Wildman–Crippen LogP) is 5.26. The van der Waals surface area contributed by atoms with Crippen molar-refractivity contribution in [1.82, 2.24) is 0 Å². The van der Waals surface area contributed by atoms with Gasteiger partial charge in [-0.2, -0.15) is 0 Å². The fourth-order valence-corrected chi connectivity index (χ4v) is 2.26. The van der Waals surface area contributed by atoms with Gasteiger partial charge in [0.2, 0.25) is 0 Å². The molecule has 0 aromatic heterocycles. The van der Waals surface area contributed by atoms with E-state index < -0.39 is 6.36 Å². The molecule has 6 heteroatoms. The van der Waals surface area contributed by atoms with Gasteiger partial charge in [-0.1, -0.05) is 44.2 Å². The molecule has 0 spiro atoms. The highest BCUT2D eigenvalue weighted by Gasteiger charge is 2.31. The van der Waals surface area contributed by atoms with Crippen molar-refractivity contribution in [3.05, 3.63) is 53.6 Å². The van der Waals surface area contributed by atoms with Crippen LogP contribution in [0.1, 0.15) is 30.9 Å². The van der Waals surface area contributed by atoms with Gasteiger partial charge >= 0.3 is 6.36 Å². The molecule has 0 atom stereocenters. The number of hydrogen-bond donors (Lipinski definition) is 1. The summed E-state index contributed by atoms with van der Waals surface area (Å²) in [4.78, 5) is 0. The first-order valence-electron chi connectivity index (χ1n) is 6.99. The topological polar surface area (TPSA) is 35.2 Å². The highest BCUT2D eigenvalue weighted by molar-refractivity contribution is 5.85. The molecule has 0 heterocycles. The third-order valence-electron chi connectivity index (χ3n) is 3.40. The summed E-state index contributed by atoms with van der Waals surface area (Å²) in [5, 5.41) is 0. The lowest BCUT2D eigenvalue weighted by Crippen LogP contribution is -2.17. The second-order valence-electron chi connectivity index (χ2n) is 5.35. The van der Waals surface area contributed by atoms with Gasteiger partial charge in [0.15, 0.2) is 0 Å². The van der Waals surface area contributed by atoms with Gasteiger partial charge in [0.25, 0.3) is 0 Å². The maximum absolute atomic E-state index is 12.4. The molecule has 2 N–H and O–H groups in total. The first-order valence-corrected chi connectivity index (χ1v) is 6.99. The van der Waals surface area contributed by atoms with E-state index >= 15 is 0 Å².